The molecule has 1 aromatic carbocycles. The number of para-hydroxylation sites is 1. The highest BCUT2D eigenvalue weighted by molar-refractivity contribution is 5.37. The molecule has 0 unspecified atom stereocenters. The molecular formula is C10H9N3O2. The van der Waals surface area contributed by atoms with Crippen LogP contribution in [0.5, 0.6) is 5.75 Å². The van der Waals surface area contributed by atoms with Gasteiger partial charge in [0.2, 0.25) is 0 Å². The number of hydrogen-bond acceptors (Lipinski definition) is 5. The highest BCUT2D eigenvalue weighted by Crippen LogP contribution is 2.35. The molecule has 0 bridgehead atoms. The van der Waals surface area contributed by atoms with E-state index in [9.17, 15) is 0 Å². The van der Waals surface area contributed by atoms with Crippen molar-refractivity contribution in [3.63, 3.8) is 0 Å². The third kappa shape index (κ3) is 1.32. The Labute approximate surface area is 85.9 Å². The maximum atomic E-state index is 5.65. The van der Waals surface area contributed by atoms with E-state index in [1.54, 1.807) is 0 Å². The molecule has 0 saturated heterocycles. The fraction of sp³-hybridized carbons (Fsp3) is 0.200. The van der Waals surface area contributed by atoms with E-state index in [-0.39, 0.29) is 12.1 Å². The maximum absolute atomic E-state index is 5.65. The monoisotopic (exact) mass is 203 g/mol. The van der Waals surface area contributed by atoms with E-state index in [0.29, 0.717) is 5.89 Å². The molecule has 1 aromatic heterocycles. The van der Waals surface area contributed by atoms with Gasteiger partial charge in [0.15, 0.2) is 6.10 Å². The van der Waals surface area contributed by atoms with Gasteiger partial charge in [0.25, 0.3) is 5.89 Å². The molecular weight excluding hydrogens is 194 g/mol. The van der Waals surface area contributed by atoms with E-state index in [1.165, 1.54) is 0 Å². The number of benzene rings is 1. The van der Waals surface area contributed by atoms with Crippen LogP contribution in [0.1, 0.15) is 17.6 Å². The molecule has 1 atom stereocenters. The highest BCUT2D eigenvalue weighted by Gasteiger charge is 2.28. The third-order valence-electron chi connectivity index (χ3n) is 2.38. The normalized spacial score (nSPS) is 18.5. The van der Waals surface area contributed by atoms with E-state index in [1.807, 2.05) is 24.3 Å². The molecule has 15 heavy (non-hydrogen) atoms. The lowest BCUT2D eigenvalue weighted by Crippen LogP contribution is -2.03. The van der Waals surface area contributed by atoms with Gasteiger partial charge in [0, 0.05) is 6.42 Å². The van der Waals surface area contributed by atoms with E-state index < -0.39 is 0 Å². The van der Waals surface area contributed by atoms with Crippen LogP contribution in [-0.4, -0.2) is 10.2 Å². The second-order valence-corrected chi connectivity index (χ2v) is 3.40. The maximum Gasteiger partial charge on any atom is 0.312 e. The van der Waals surface area contributed by atoms with Gasteiger partial charge < -0.3 is 14.9 Å². The first-order valence-electron chi connectivity index (χ1n) is 4.66. The van der Waals surface area contributed by atoms with Crippen molar-refractivity contribution in [3.05, 3.63) is 35.7 Å². The number of nitrogens with two attached hydrogens (primary N) is 1. The summed E-state index contributed by atoms with van der Waals surface area (Å²) in [6.45, 7) is 0. The summed E-state index contributed by atoms with van der Waals surface area (Å²) in [6, 6.07) is 7.94. The highest BCUT2D eigenvalue weighted by atomic mass is 16.5. The minimum atomic E-state index is -0.202. The summed E-state index contributed by atoms with van der Waals surface area (Å²) in [5, 5.41) is 7.42. The summed E-state index contributed by atoms with van der Waals surface area (Å²) in [5.74, 6) is 1.31. The van der Waals surface area contributed by atoms with Crippen molar-refractivity contribution in [3.8, 4) is 5.75 Å². The Kier molecular flexibility index (Phi) is 1.65. The quantitative estimate of drug-likeness (QED) is 0.756. The van der Waals surface area contributed by atoms with Crippen LogP contribution in [0.2, 0.25) is 0 Å². The first-order chi connectivity index (χ1) is 7.33. The zero-order chi connectivity index (χ0) is 10.3. The van der Waals surface area contributed by atoms with Crippen molar-refractivity contribution in [1.82, 2.24) is 10.2 Å². The van der Waals surface area contributed by atoms with Crippen molar-refractivity contribution >= 4 is 6.01 Å². The van der Waals surface area contributed by atoms with Crippen molar-refractivity contribution < 1.29 is 9.15 Å². The molecule has 1 aliphatic heterocycles. The molecule has 2 N–H and O–H groups in total. The Morgan fingerprint density at radius 2 is 2.13 bits per heavy atom. The molecule has 5 heteroatoms. The standard InChI is InChI=1S/C10H9N3O2/c11-10-13-12-9(15-10)8-5-6-3-1-2-4-7(6)14-8/h1-4,8H,5H2,(H2,11,13)/t8-/m1/s1. The largest absolute Gasteiger partial charge is 0.480 e. The van der Waals surface area contributed by atoms with Crippen molar-refractivity contribution in [2.75, 3.05) is 5.73 Å². The van der Waals surface area contributed by atoms with Gasteiger partial charge in [-0.2, -0.15) is 0 Å². The number of nitrogens with zero attached hydrogens (tertiary/aromatic N) is 2. The van der Waals surface area contributed by atoms with E-state index >= 15 is 0 Å². The molecule has 3 rings (SSSR count). The molecule has 76 valence electrons. The van der Waals surface area contributed by atoms with Gasteiger partial charge in [-0.25, -0.2) is 0 Å². The fourth-order valence-electron chi connectivity index (χ4n) is 1.70. The first kappa shape index (κ1) is 8.28. The Morgan fingerprint density at radius 3 is 2.87 bits per heavy atom. The fourth-order valence-corrected chi connectivity index (χ4v) is 1.70. The topological polar surface area (TPSA) is 74.2 Å². The summed E-state index contributed by atoms with van der Waals surface area (Å²) in [7, 11) is 0. The first-order valence-corrected chi connectivity index (χ1v) is 4.66. The average molecular weight is 203 g/mol. The van der Waals surface area contributed by atoms with Gasteiger partial charge in [-0.1, -0.05) is 23.3 Å². The molecule has 0 amide bonds. The van der Waals surface area contributed by atoms with Crippen LogP contribution >= 0.6 is 0 Å². The van der Waals surface area contributed by atoms with Crippen LogP contribution < -0.4 is 10.5 Å². The van der Waals surface area contributed by atoms with Crippen LogP contribution in [0.25, 0.3) is 0 Å². The van der Waals surface area contributed by atoms with Crippen LogP contribution in [0.4, 0.5) is 6.01 Å². The molecule has 2 heterocycles. The predicted molar refractivity (Wildman–Crippen MR) is 52.2 cm³/mol. The lowest BCUT2D eigenvalue weighted by atomic mass is 10.1. The van der Waals surface area contributed by atoms with Gasteiger partial charge in [0.05, 0.1) is 0 Å². The summed E-state index contributed by atoms with van der Waals surface area (Å²) in [5.41, 5.74) is 6.51. The smallest absolute Gasteiger partial charge is 0.312 e. The number of ether oxygens (including phenoxy) is 1. The van der Waals surface area contributed by atoms with Crippen LogP contribution in [0.15, 0.2) is 28.7 Å². The summed E-state index contributed by atoms with van der Waals surface area (Å²) in [4.78, 5) is 0. The molecule has 2 aromatic rings. The number of hydrogen-bond donors (Lipinski definition) is 1. The van der Waals surface area contributed by atoms with Crippen LogP contribution in [0, 0.1) is 0 Å². The van der Waals surface area contributed by atoms with Crippen molar-refractivity contribution in [2.24, 2.45) is 0 Å². The Bertz CT molecular complexity index is 470. The lowest BCUT2D eigenvalue weighted by molar-refractivity contribution is 0.199. The zero-order valence-electron chi connectivity index (χ0n) is 7.88. The Morgan fingerprint density at radius 1 is 1.27 bits per heavy atom. The number of aromatic nitrogens is 2. The number of fused-ring (bicyclic) bond motifs is 1. The number of anilines is 1. The van der Waals surface area contributed by atoms with Gasteiger partial charge in [-0.05, 0) is 11.6 Å². The van der Waals surface area contributed by atoms with E-state index in [2.05, 4.69) is 10.2 Å². The summed E-state index contributed by atoms with van der Waals surface area (Å²) in [6.07, 6.45) is 0.546. The van der Waals surface area contributed by atoms with Crippen LogP contribution in [-0.2, 0) is 6.42 Å². The molecule has 0 radical (unpaired) electrons. The second-order valence-electron chi connectivity index (χ2n) is 3.40. The minimum Gasteiger partial charge on any atom is -0.480 e. The number of rotatable bonds is 1. The molecule has 0 spiro atoms. The Balaban J connectivity index is 1.90. The van der Waals surface area contributed by atoms with Gasteiger partial charge in [0.1, 0.15) is 5.75 Å². The predicted octanol–water partition coefficient (Wildman–Crippen LogP) is 1.33. The molecule has 1 aliphatic rings. The SMILES string of the molecule is Nc1nnc([C@H]2Cc3ccccc3O2)o1. The minimum absolute atomic E-state index is 0.0737. The second kappa shape index (κ2) is 2.98. The molecule has 0 aliphatic carbocycles. The summed E-state index contributed by atoms with van der Waals surface area (Å²) < 4.78 is 10.8. The van der Waals surface area contributed by atoms with Crippen LogP contribution in [0.3, 0.4) is 0 Å². The zero-order valence-corrected chi connectivity index (χ0v) is 7.88. The summed E-state index contributed by atoms with van der Waals surface area (Å²) >= 11 is 0. The molecule has 5 nitrogen and oxygen atoms in total. The lowest BCUT2D eigenvalue weighted by Gasteiger charge is -2.03. The Hall–Kier alpha value is -2.04. The third-order valence-corrected chi connectivity index (χ3v) is 2.38. The van der Waals surface area contributed by atoms with Crippen molar-refractivity contribution in [1.29, 1.82) is 0 Å². The van der Waals surface area contributed by atoms with E-state index in [0.717, 1.165) is 17.7 Å². The molecule has 0 fully saturated rings. The average Bonchev–Trinajstić information content (AvgIpc) is 2.82. The van der Waals surface area contributed by atoms with E-state index in [4.69, 9.17) is 14.9 Å². The molecule has 0 saturated carbocycles. The van der Waals surface area contributed by atoms with Gasteiger partial charge >= 0.3 is 6.01 Å². The van der Waals surface area contributed by atoms with Gasteiger partial charge in [-0.15, -0.1) is 5.10 Å². The number of nitrogen functional groups attached to an aromatic ring is 1. The van der Waals surface area contributed by atoms with Crippen molar-refractivity contribution in [2.45, 2.75) is 12.5 Å². The van der Waals surface area contributed by atoms with Gasteiger partial charge in [-0.3, -0.25) is 0 Å².